The summed E-state index contributed by atoms with van der Waals surface area (Å²) in [6.45, 7) is 3.74. The Bertz CT molecular complexity index is 999. The summed E-state index contributed by atoms with van der Waals surface area (Å²) in [6.07, 6.45) is 2.99. The minimum Gasteiger partial charge on any atom is -0.465 e. The van der Waals surface area contributed by atoms with E-state index in [0.29, 0.717) is 19.6 Å². The molecule has 1 aliphatic rings. The van der Waals surface area contributed by atoms with E-state index in [4.69, 9.17) is 4.74 Å². The molecule has 3 nitrogen and oxygen atoms in total. The molecule has 158 valence electrons. The molecule has 3 aromatic rings. The van der Waals surface area contributed by atoms with Crippen LogP contribution in [-0.2, 0) is 16.1 Å². The Morgan fingerprint density at radius 2 is 1.52 bits per heavy atom. The number of ether oxygens (including phenoxy) is 1. The van der Waals surface area contributed by atoms with Crippen molar-refractivity contribution in [2.45, 2.75) is 31.8 Å². The summed E-state index contributed by atoms with van der Waals surface area (Å²) in [6, 6.07) is 31.0. The van der Waals surface area contributed by atoms with E-state index in [1.54, 1.807) is 0 Å². The third-order valence-electron chi connectivity index (χ3n) is 5.85. The van der Waals surface area contributed by atoms with Crippen LogP contribution in [0.2, 0.25) is 0 Å². The second-order valence-electron chi connectivity index (χ2n) is 7.96. The van der Waals surface area contributed by atoms with Crippen molar-refractivity contribution in [1.29, 1.82) is 0 Å². The topological polar surface area (TPSA) is 29.5 Å². The van der Waals surface area contributed by atoms with Gasteiger partial charge in [0.2, 0.25) is 0 Å². The Hall–Kier alpha value is -3.17. The van der Waals surface area contributed by atoms with Gasteiger partial charge in [0.1, 0.15) is 6.04 Å². The average molecular weight is 412 g/mol. The van der Waals surface area contributed by atoms with Crippen LogP contribution in [0.15, 0.2) is 97.1 Å². The zero-order chi connectivity index (χ0) is 21.5. The molecule has 0 bridgehead atoms. The molecule has 0 fully saturated rings. The van der Waals surface area contributed by atoms with E-state index in [9.17, 15) is 4.79 Å². The molecular weight excluding hydrogens is 382 g/mol. The van der Waals surface area contributed by atoms with Crippen molar-refractivity contribution in [2.75, 3.05) is 13.2 Å². The van der Waals surface area contributed by atoms with E-state index >= 15 is 0 Å². The smallest absolute Gasteiger partial charge is 0.323 e. The highest BCUT2D eigenvalue weighted by atomic mass is 16.5. The van der Waals surface area contributed by atoms with E-state index in [1.165, 1.54) is 22.3 Å². The van der Waals surface area contributed by atoms with Gasteiger partial charge in [-0.3, -0.25) is 9.69 Å². The predicted molar refractivity (Wildman–Crippen MR) is 125 cm³/mol. The van der Waals surface area contributed by atoms with E-state index in [0.717, 1.165) is 6.54 Å². The van der Waals surface area contributed by atoms with Gasteiger partial charge in [-0.15, -0.1) is 0 Å². The zero-order valence-corrected chi connectivity index (χ0v) is 18.0. The van der Waals surface area contributed by atoms with Gasteiger partial charge in [-0.05, 0) is 35.6 Å². The molecule has 0 spiro atoms. The van der Waals surface area contributed by atoms with Crippen molar-refractivity contribution in [3.63, 3.8) is 0 Å². The lowest BCUT2D eigenvalue weighted by Gasteiger charge is -2.30. The van der Waals surface area contributed by atoms with E-state index < -0.39 is 0 Å². The fourth-order valence-electron chi connectivity index (χ4n) is 4.31. The monoisotopic (exact) mass is 411 g/mol. The third-order valence-corrected chi connectivity index (χ3v) is 5.85. The minimum atomic E-state index is -0.319. The van der Waals surface area contributed by atoms with Crippen LogP contribution in [0.4, 0.5) is 0 Å². The number of carbonyl (C=O) groups is 1. The second-order valence-corrected chi connectivity index (χ2v) is 7.96. The van der Waals surface area contributed by atoms with Crippen molar-refractivity contribution >= 4 is 11.5 Å². The maximum absolute atomic E-state index is 13.1. The molecule has 0 saturated heterocycles. The van der Waals surface area contributed by atoms with Crippen LogP contribution in [-0.4, -0.2) is 30.1 Å². The molecule has 3 aromatic carbocycles. The van der Waals surface area contributed by atoms with Gasteiger partial charge in [-0.1, -0.05) is 97.1 Å². The van der Waals surface area contributed by atoms with E-state index in [-0.39, 0.29) is 17.9 Å². The molecule has 0 amide bonds. The predicted octanol–water partition coefficient (Wildman–Crippen LogP) is 5.69. The molecule has 3 heteroatoms. The lowest BCUT2D eigenvalue weighted by molar-refractivity contribution is -0.149. The summed E-state index contributed by atoms with van der Waals surface area (Å²) in [5, 5.41) is 0. The van der Waals surface area contributed by atoms with Crippen molar-refractivity contribution < 1.29 is 9.53 Å². The number of rotatable bonds is 6. The number of benzene rings is 3. The summed E-state index contributed by atoms with van der Waals surface area (Å²) in [7, 11) is 0. The molecule has 0 unspecified atom stereocenters. The first-order valence-electron chi connectivity index (χ1n) is 11.0. The first kappa shape index (κ1) is 21.1. The number of hydrogen-bond donors (Lipinski definition) is 0. The fraction of sp³-hybridized carbons (Fsp3) is 0.250. The van der Waals surface area contributed by atoms with Gasteiger partial charge in [0, 0.05) is 19.0 Å². The minimum absolute atomic E-state index is 0.144. The average Bonchev–Trinajstić information content (AvgIpc) is 3.01. The summed E-state index contributed by atoms with van der Waals surface area (Å²) in [5.74, 6) is 0.0496. The van der Waals surface area contributed by atoms with Gasteiger partial charge in [0.25, 0.3) is 0 Å². The molecule has 1 aliphatic heterocycles. The number of esters is 1. The van der Waals surface area contributed by atoms with Gasteiger partial charge in [-0.2, -0.15) is 0 Å². The van der Waals surface area contributed by atoms with Crippen LogP contribution in [0, 0.1) is 0 Å². The molecule has 0 aromatic heterocycles. The van der Waals surface area contributed by atoms with Gasteiger partial charge in [0.05, 0.1) is 6.61 Å². The number of nitrogens with zero attached hydrogens (tertiary/aromatic N) is 1. The van der Waals surface area contributed by atoms with Crippen LogP contribution in [0.5, 0.6) is 0 Å². The Morgan fingerprint density at radius 1 is 0.903 bits per heavy atom. The molecule has 31 heavy (non-hydrogen) atoms. The molecule has 1 heterocycles. The molecular formula is C28H29NO2. The Balaban J connectivity index is 1.74. The first-order chi connectivity index (χ1) is 15.2. The first-order valence-corrected chi connectivity index (χ1v) is 11.0. The number of hydrogen-bond acceptors (Lipinski definition) is 3. The Kier molecular flexibility index (Phi) is 6.96. The van der Waals surface area contributed by atoms with Crippen LogP contribution >= 0.6 is 0 Å². The van der Waals surface area contributed by atoms with Crippen molar-refractivity contribution in [3.8, 4) is 0 Å². The van der Waals surface area contributed by atoms with Crippen molar-refractivity contribution in [2.24, 2.45) is 0 Å². The summed E-state index contributed by atoms with van der Waals surface area (Å²) < 4.78 is 5.52. The summed E-state index contributed by atoms with van der Waals surface area (Å²) in [5.41, 5.74) is 4.83. The van der Waals surface area contributed by atoms with Gasteiger partial charge >= 0.3 is 5.97 Å². The normalized spacial score (nSPS) is 19.3. The van der Waals surface area contributed by atoms with E-state index in [1.807, 2.05) is 25.1 Å². The number of carbonyl (C=O) groups excluding carboxylic acids is 1. The molecule has 0 N–H and O–H groups in total. The van der Waals surface area contributed by atoms with Crippen LogP contribution in [0.3, 0.4) is 0 Å². The maximum atomic E-state index is 13.1. The Morgan fingerprint density at radius 3 is 2.16 bits per heavy atom. The van der Waals surface area contributed by atoms with Crippen LogP contribution in [0.25, 0.3) is 5.57 Å². The summed E-state index contributed by atoms with van der Waals surface area (Å²) in [4.78, 5) is 15.4. The SMILES string of the molecule is CCOC(=O)[C@@H]1CC(c2ccccc2)=C[C@H](c2ccccc2)CN1Cc1ccccc1. The highest BCUT2D eigenvalue weighted by Gasteiger charge is 2.33. The quantitative estimate of drug-likeness (QED) is 0.488. The molecule has 0 saturated carbocycles. The lowest BCUT2D eigenvalue weighted by Crippen LogP contribution is -2.42. The van der Waals surface area contributed by atoms with Gasteiger partial charge in [-0.25, -0.2) is 0 Å². The van der Waals surface area contributed by atoms with Gasteiger partial charge in [0.15, 0.2) is 0 Å². The zero-order valence-electron chi connectivity index (χ0n) is 18.0. The lowest BCUT2D eigenvalue weighted by atomic mass is 9.93. The van der Waals surface area contributed by atoms with Crippen LogP contribution in [0.1, 0.15) is 36.0 Å². The standard InChI is InChI=1S/C28H29NO2/c1-2-31-28(30)27-19-25(23-14-8-4-9-15-23)18-26(24-16-10-5-11-17-24)21-29(27)20-22-12-6-3-7-13-22/h3-18,26-27H,2,19-21H2,1H3/t26-,27-/m0/s1. The fourth-order valence-corrected chi connectivity index (χ4v) is 4.31. The molecule has 2 atom stereocenters. The van der Waals surface area contributed by atoms with Gasteiger partial charge < -0.3 is 4.74 Å². The summed E-state index contributed by atoms with van der Waals surface area (Å²) >= 11 is 0. The molecule has 0 radical (unpaired) electrons. The second kappa shape index (κ2) is 10.2. The Labute approximate surface area is 185 Å². The third kappa shape index (κ3) is 5.31. The van der Waals surface area contributed by atoms with Crippen molar-refractivity contribution in [3.05, 3.63) is 114 Å². The van der Waals surface area contributed by atoms with Crippen LogP contribution < -0.4 is 0 Å². The maximum Gasteiger partial charge on any atom is 0.323 e. The molecule has 4 rings (SSSR count). The van der Waals surface area contributed by atoms with Crippen molar-refractivity contribution in [1.82, 2.24) is 4.90 Å². The van der Waals surface area contributed by atoms with E-state index in [2.05, 4.69) is 83.8 Å². The molecule has 0 aliphatic carbocycles. The largest absolute Gasteiger partial charge is 0.465 e. The highest BCUT2D eigenvalue weighted by Crippen LogP contribution is 2.33. The highest BCUT2D eigenvalue weighted by molar-refractivity contribution is 5.80.